The number of hydrogen-bond acceptors (Lipinski definition) is 3. The first-order valence-electron chi connectivity index (χ1n) is 7.63. The summed E-state index contributed by atoms with van der Waals surface area (Å²) in [5, 5.41) is 0. The van der Waals surface area contributed by atoms with Crippen molar-refractivity contribution in [3.8, 4) is 0 Å². The van der Waals surface area contributed by atoms with Crippen molar-refractivity contribution in [1.29, 1.82) is 0 Å². The maximum atomic E-state index is 6.09. The molecule has 2 N–H and O–H groups in total. The fourth-order valence-electron chi connectivity index (χ4n) is 2.73. The highest BCUT2D eigenvalue weighted by atomic mass is 15.2. The van der Waals surface area contributed by atoms with Crippen LogP contribution in [0, 0.1) is 6.92 Å². The summed E-state index contributed by atoms with van der Waals surface area (Å²) in [5.74, 6) is 0. The standard InChI is InChI=1S/C17H26N4/c1-5-20(15-8-6-14(4)7-9-15)16(10-18)17-11-19-12-21(17)13(2)3/h6-9,11-13,16H,5,10,18H2,1-4H3. The number of imidazole rings is 1. The first kappa shape index (κ1) is 15.6. The first-order valence-corrected chi connectivity index (χ1v) is 7.63. The Morgan fingerprint density at radius 1 is 1.24 bits per heavy atom. The van der Waals surface area contributed by atoms with Gasteiger partial charge in [0.1, 0.15) is 0 Å². The van der Waals surface area contributed by atoms with Gasteiger partial charge in [0.15, 0.2) is 0 Å². The Kier molecular flexibility index (Phi) is 5.02. The van der Waals surface area contributed by atoms with Crippen LogP contribution in [0.4, 0.5) is 5.69 Å². The number of rotatable bonds is 6. The lowest BCUT2D eigenvalue weighted by molar-refractivity contribution is 0.524. The summed E-state index contributed by atoms with van der Waals surface area (Å²) in [5.41, 5.74) is 9.74. The first-order chi connectivity index (χ1) is 10.1. The van der Waals surface area contributed by atoms with Crippen LogP contribution < -0.4 is 10.6 Å². The lowest BCUT2D eigenvalue weighted by Crippen LogP contribution is -2.35. The lowest BCUT2D eigenvalue weighted by atomic mass is 10.1. The van der Waals surface area contributed by atoms with Gasteiger partial charge in [-0.2, -0.15) is 0 Å². The summed E-state index contributed by atoms with van der Waals surface area (Å²) < 4.78 is 2.20. The largest absolute Gasteiger partial charge is 0.362 e. The normalized spacial score (nSPS) is 12.7. The Balaban J connectivity index is 2.37. The molecule has 4 heteroatoms. The monoisotopic (exact) mass is 286 g/mol. The number of benzene rings is 1. The predicted molar refractivity (Wildman–Crippen MR) is 88.6 cm³/mol. The molecule has 1 aromatic carbocycles. The molecule has 2 aromatic rings. The van der Waals surface area contributed by atoms with Crippen LogP contribution in [0.25, 0.3) is 0 Å². The van der Waals surface area contributed by atoms with Crippen LogP contribution in [0.1, 0.15) is 44.1 Å². The molecule has 0 bridgehead atoms. The van der Waals surface area contributed by atoms with Crippen molar-refractivity contribution in [2.75, 3.05) is 18.0 Å². The highest BCUT2D eigenvalue weighted by Crippen LogP contribution is 2.27. The van der Waals surface area contributed by atoms with Gasteiger partial charge in [0.25, 0.3) is 0 Å². The Morgan fingerprint density at radius 3 is 2.43 bits per heavy atom. The highest BCUT2D eigenvalue weighted by molar-refractivity contribution is 5.49. The van der Waals surface area contributed by atoms with Crippen LogP contribution in [0.5, 0.6) is 0 Å². The molecule has 1 unspecified atom stereocenters. The fraction of sp³-hybridized carbons (Fsp3) is 0.471. The van der Waals surface area contributed by atoms with E-state index in [4.69, 9.17) is 5.73 Å². The van der Waals surface area contributed by atoms with Gasteiger partial charge < -0.3 is 15.2 Å². The fourth-order valence-corrected chi connectivity index (χ4v) is 2.73. The lowest BCUT2D eigenvalue weighted by Gasteiger charge is -2.33. The number of aromatic nitrogens is 2. The number of likely N-dealkylation sites (N-methyl/N-ethyl adjacent to an activating group) is 1. The maximum absolute atomic E-state index is 6.09. The van der Waals surface area contributed by atoms with Gasteiger partial charge in [0, 0.05) is 24.8 Å². The van der Waals surface area contributed by atoms with Crippen LogP contribution in [0.3, 0.4) is 0 Å². The van der Waals surface area contributed by atoms with Crippen molar-refractivity contribution >= 4 is 5.69 Å². The Hall–Kier alpha value is -1.81. The number of hydrogen-bond donors (Lipinski definition) is 1. The zero-order chi connectivity index (χ0) is 15.4. The van der Waals surface area contributed by atoms with E-state index in [1.807, 2.05) is 12.5 Å². The number of nitrogens with zero attached hydrogens (tertiary/aromatic N) is 3. The van der Waals surface area contributed by atoms with Crippen molar-refractivity contribution < 1.29 is 0 Å². The van der Waals surface area contributed by atoms with Crippen LogP contribution in [-0.4, -0.2) is 22.6 Å². The third-order valence-corrected chi connectivity index (χ3v) is 3.90. The second kappa shape index (κ2) is 6.76. The second-order valence-electron chi connectivity index (χ2n) is 5.69. The summed E-state index contributed by atoms with van der Waals surface area (Å²) >= 11 is 0. The molecule has 1 heterocycles. The van der Waals surface area contributed by atoms with E-state index in [-0.39, 0.29) is 6.04 Å². The van der Waals surface area contributed by atoms with E-state index in [1.165, 1.54) is 16.9 Å². The maximum Gasteiger partial charge on any atom is 0.0951 e. The number of aryl methyl sites for hydroxylation is 1. The molecular weight excluding hydrogens is 260 g/mol. The average molecular weight is 286 g/mol. The molecule has 0 radical (unpaired) electrons. The molecule has 0 aliphatic heterocycles. The number of nitrogens with two attached hydrogens (primary N) is 1. The molecule has 0 spiro atoms. The molecule has 4 nitrogen and oxygen atoms in total. The van der Waals surface area contributed by atoms with E-state index in [0.29, 0.717) is 12.6 Å². The van der Waals surface area contributed by atoms with Crippen molar-refractivity contribution in [1.82, 2.24) is 9.55 Å². The van der Waals surface area contributed by atoms with Crippen LogP contribution in [0.2, 0.25) is 0 Å². The molecule has 0 amide bonds. The summed E-state index contributed by atoms with van der Waals surface area (Å²) in [7, 11) is 0. The minimum Gasteiger partial charge on any atom is -0.362 e. The van der Waals surface area contributed by atoms with Gasteiger partial charge in [0.05, 0.1) is 24.3 Å². The average Bonchev–Trinajstić information content (AvgIpc) is 2.95. The van der Waals surface area contributed by atoms with E-state index in [0.717, 1.165) is 6.54 Å². The van der Waals surface area contributed by atoms with Crippen molar-refractivity contribution in [2.24, 2.45) is 5.73 Å². The van der Waals surface area contributed by atoms with Gasteiger partial charge in [-0.25, -0.2) is 4.98 Å². The molecule has 2 rings (SSSR count). The smallest absolute Gasteiger partial charge is 0.0951 e. The van der Waals surface area contributed by atoms with E-state index in [2.05, 4.69) is 66.4 Å². The zero-order valence-corrected chi connectivity index (χ0v) is 13.5. The van der Waals surface area contributed by atoms with Gasteiger partial charge in [-0.15, -0.1) is 0 Å². The molecule has 0 saturated heterocycles. The summed E-state index contributed by atoms with van der Waals surface area (Å²) in [6.45, 7) is 10.1. The van der Waals surface area contributed by atoms with Crippen LogP contribution in [-0.2, 0) is 0 Å². The van der Waals surface area contributed by atoms with E-state index in [9.17, 15) is 0 Å². The minimum absolute atomic E-state index is 0.141. The Bertz CT molecular complexity index is 556. The topological polar surface area (TPSA) is 47.1 Å². The van der Waals surface area contributed by atoms with E-state index in [1.54, 1.807) is 0 Å². The van der Waals surface area contributed by atoms with Crippen LogP contribution in [0.15, 0.2) is 36.8 Å². The second-order valence-corrected chi connectivity index (χ2v) is 5.69. The van der Waals surface area contributed by atoms with Gasteiger partial charge >= 0.3 is 0 Å². The molecule has 1 atom stereocenters. The van der Waals surface area contributed by atoms with Gasteiger partial charge in [-0.3, -0.25) is 0 Å². The van der Waals surface area contributed by atoms with E-state index < -0.39 is 0 Å². The molecule has 0 saturated carbocycles. The molecule has 114 valence electrons. The van der Waals surface area contributed by atoms with Gasteiger partial charge in [-0.1, -0.05) is 17.7 Å². The summed E-state index contributed by atoms with van der Waals surface area (Å²) in [4.78, 5) is 6.66. The Morgan fingerprint density at radius 2 is 1.90 bits per heavy atom. The minimum atomic E-state index is 0.141. The van der Waals surface area contributed by atoms with Gasteiger partial charge in [-0.05, 0) is 39.8 Å². The van der Waals surface area contributed by atoms with Crippen molar-refractivity contribution in [3.05, 3.63) is 48.0 Å². The SMILES string of the molecule is CCN(c1ccc(C)cc1)C(CN)c1cncn1C(C)C. The zero-order valence-electron chi connectivity index (χ0n) is 13.5. The third kappa shape index (κ3) is 3.27. The third-order valence-electron chi connectivity index (χ3n) is 3.90. The molecule has 0 fully saturated rings. The molecule has 0 aliphatic rings. The molecule has 1 aromatic heterocycles. The quantitative estimate of drug-likeness (QED) is 0.886. The van der Waals surface area contributed by atoms with Gasteiger partial charge in [0.2, 0.25) is 0 Å². The Labute approximate surface area is 127 Å². The summed E-state index contributed by atoms with van der Waals surface area (Å²) in [6, 6.07) is 9.14. The van der Waals surface area contributed by atoms with E-state index >= 15 is 0 Å². The molecule has 0 aliphatic carbocycles. The summed E-state index contributed by atoms with van der Waals surface area (Å²) in [6.07, 6.45) is 3.83. The van der Waals surface area contributed by atoms with Crippen LogP contribution >= 0.6 is 0 Å². The number of anilines is 1. The van der Waals surface area contributed by atoms with Crippen molar-refractivity contribution in [2.45, 2.75) is 39.8 Å². The highest BCUT2D eigenvalue weighted by Gasteiger charge is 2.22. The molecule has 21 heavy (non-hydrogen) atoms. The molecular formula is C17H26N4. The predicted octanol–water partition coefficient (Wildman–Crippen LogP) is 3.30. The van der Waals surface area contributed by atoms with Crippen molar-refractivity contribution in [3.63, 3.8) is 0 Å².